The molecule has 0 spiro atoms. The van der Waals surface area contributed by atoms with Crippen LogP contribution in [-0.4, -0.2) is 8.42 Å². The van der Waals surface area contributed by atoms with E-state index in [-0.39, 0.29) is 27.1 Å². The Kier molecular flexibility index (Phi) is 3.85. The van der Waals surface area contributed by atoms with E-state index in [1.54, 1.807) is 0 Å². The summed E-state index contributed by atoms with van der Waals surface area (Å²) in [6.07, 6.45) is 0. The summed E-state index contributed by atoms with van der Waals surface area (Å²) in [5.41, 5.74) is 5.47. The van der Waals surface area contributed by atoms with Crippen LogP contribution < -0.4 is 15.6 Å². The van der Waals surface area contributed by atoms with Crippen LogP contribution in [0, 0.1) is 5.82 Å². The van der Waals surface area contributed by atoms with Gasteiger partial charge >= 0.3 is 0 Å². The first-order valence-corrected chi connectivity index (χ1v) is 7.26. The lowest BCUT2D eigenvalue weighted by molar-refractivity contribution is 0.443. The Balaban J connectivity index is 2.48. The molecular formula is C12H10ClFN2O3S. The molecule has 0 saturated carbocycles. The van der Waals surface area contributed by atoms with E-state index < -0.39 is 15.8 Å². The molecule has 0 atom stereocenters. The maximum atomic E-state index is 13.7. The highest BCUT2D eigenvalue weighted by Gasteiger charge is 2.17. The number of anilines is 1. The van der Waals surface area contributed by atoms with E-state index in [1.165, 1.54) is 36.4 Å². The zero-order chi connectivity index (χ0) is 14.9. The predicted molar refractivity (Wildman–Crippen MR) is 73.7 cm³/mol. The second kappa shape index (κ2) is 5.28. The van der Waals surface area contributed by atoms with Crippen molar-refractivity contribution in [3.05, 3.63) is 47.2 Å². The van der Waals surface area contributed by atoms with E-state index in [9.17, 15) is 12.8 Å². The highest BCUT2D eigenvalue weighted by molar-refractivity contribution is 7.89. The number of para-hydroxylation sites is 1. The molecule has 8 heteroatoms. The molecule has 0 heterocycles. The van der Waals surface area contributed by atoms with Crippen molar-refractivity contribution >= 4 is 27.3 Å². The van der Waals surface area contributed by atoms with Crippen molar-refractivity contribution in [1.29, 1.82) is 0 Å². The van der Waals surface area contributed by atoms with Crippen molar-refractivity contribution in [2.45, 2.75) is 4.90 Å². The lowest BCUT2D eigenvalue weighted by Gasteiger charge is -2.11. The van der Waals surface area contributed by atoms with Crippen LogP contribution in [0.2, 0.25) is 5.02 Å². The van der Waals surface area contributed by atoms with Gasteiger partial charge in [0.25, 0.3) is 0 Å². The van der Waals surface area contributed by atoms with Gasteiger partial charge in [0, 0.05) is 0 Å². The highest BCUT2D eigenvalue weighted by atomic mass is 35.5. The van der Waals surface area contributed by atoms with E-state index in [1.807, 2.05) is 0 Å². The predicted octanol–water partition coefficient (Wildman–Crippen LogP) is 2.50. The molecule has 0 unspecified atom stereocenters. The van der Waals surface area contributed by atoms with Crippen molar-refractivity contribution in [3.8, 4) is 11.5 Å². The van der Waals surface area contributed by atoms with E-state index in [4.69, 9.17) is 27.2 Å². The molecule has 0 aromatic heterocycles. The number of primary sulfonamides is 1. The summed E-state index contributed by atoms with van der Waals surface area (Å²) in [7, 11) is -3.99. The number of ether oxygens (including phenoxy) is 1. The molecule has 2 aromatic carbocycles. The molecule has 0 bridgehead atoms. The van der Waals surface area contributed by atoms with Crippen LogP contribution in [-0.2, 0) is 10.0 Å². The maximum Gasteiger partial charge on any atom is 0.240 e. The molecule has 2 aromatic rings. The van der Waals surface area contributed by atoms with E-state index in [0.29, 0.717) is 0 Å². The van der Waals surface area contributed by atoms with E-state index in [2.05, 4.69) is 0 Å². The molecular weight excluding hydrogens is 307 g/mol. The van der Waals surface area contributed by atoms with Crippen LogP contribution in [0.25, 0.3) is 0 Å². The fourth-order valence-electron chi connectivity index (χ4n) is 1.54. The third-order valence-corrected chi connectivity index (χ3v) is 3.73. The first-order chi connectivity index (χ1) is 9.30. The fourth-order valence-corrected chi connectivity index (χ4v) is 2.38. The lowest BCUT2D eigenvalue weighted by Crippen LogP contribution is -2.14. The second-order valence-electron chi connectivity index (χ2n) is 3.87. The van der Waals surface area contributed by atoms with Crippen LogP contribution >= 0.6 is 11.6 Å². The SMILES string of the molecule is Nc1c(Oc2cccc(Cl)c2F)cccc1S(N)(=O)=O. The largest absolute Gasteiger partial charge is 0.452 e. The Morgan fingerprint density at radius 1 is 1.10 bits per heavy atom. The maximum absolute atomic E-state index is 13.7. The van der Waals surface area contributed by atoms with Crippen LogP contribution in [0.1, 0.15) is 0 Å². The van der Waals surface area contributed by atoms with Crippen molar-refractivity contribution in [3.63, 3.8) is 0 Å². The number of rotatable bonds is 3. The molecule has 4 N–H and O–H groups in total. The first kappa shape index (κ1) is 14.6. The summed E-state index contributed by atoms with van der Waals surface area (Å²) in [6, 6.07) is 8.18. The normalized spacial score (nSPS) is 11.3. The molecule has 0 radical (unpaired) electrons. The van der Waals surface area contributed by atoms with Gasteiger partial charge in [0.2, 0.25) is 10.0 Å². The highest BCUT2D eigenvalue weighted by Crippen LogP contribution is 2.34. The number of benzene rings is 2. The quantitative estimate of drug-likeness (QED) is 0.850. The molecule has 0 aliphatic carbocycles. The minimum Gasteiger partial charge on any atom is -0.452 e. The topological polar surface area (TPSA) is 95.4 Å². The van der Waals surface area contributed by atoms with E-state index in [0.717, 1.165) is 0 Å². The van der Waals surface area contributed by atoms with Crippen LogP contribution in [0.3, 0.4) is 0 Å². The molecule has 20 heavy (non-hydrogen) atoms. The van der Waals surface area contributed by atoms with Gasteiger partial charge in [0.1, 0.15) is 4.90 Å². The van der Waals surface area contributed by atoms with Gasteiger partial charge in [-0.3, -0.25) is 0 Å². The molecule has 0 amide bonds. The van der Waals surface area contributed by atoms with Crippen LogP contribution in [0.5, 0.6) is 11.5 Å². The summed E-state index contributed by atoms with van der Waals surface area (Å²) in [6.45, 7) is 0. The van der Waals surface area contributed by atoms with Gasteiger partial charge < -0.3 is 10.5 Å². The average Bonchev–Trinajstić information content (AvgIpc) is 2.36. The molecule has 0 fully saturated rings. The molecule has 5 nitrogen and oxygen atoms in total. The summed E-state index contributed by atoms with van der Waals surface area (Å²) < 4.78 is 41.6. The number of halogens is 2. The van der Waals surface area contributed by atoms with Gasteiger partial charge in [-0.05, 0) is 24.3 Å². The summed E-state index contributed by atoms with van der Waals surface area (Å²) >= 11 is 5.62. The van der Waals surface area contributed by atoms with Gasteiger partial charge in [-0.2, -0.15) is 0 Å². The van der Waals surface area contributed by atoms with Gasteiger partial charge in [0.05, 0.1) is 10.7 Å². The minimum absolute atomic E-state index is 0.0299. The summed E-state index contributed by atoms with van der Waals surface area (Å²) in [5, 5.41) is 4.89. The zero-order valence-electron chi connectivity index (χ0n) is 10.0. The van der Waals surface area contributed by atoms with E-state index >= 15 is 0 Å². The second-order valence-corrected chi connectivity index (χ2v) is 5.80. The molecule has 2 rings (SSSR count). The lowest BCUT2D eigenvalue weighted by atomic mass is 10.3. The standard InChI is InChI=1S/C12H10ClFN2O3S/c13-7-3-1-4-8(11(7)14)19-9-5-2-6-10(12(9)15)20(16,17)18/h1-6H,15H2,(H2,16,17,18). The third-order valence-electron chi connectivity index (χ3n) is 2.47. The van der Waals surface area contributed by atoms with Crippen molar-refractivity contribution < 1.29 is 17.5 Å². The Morgan fingerprint density at radius 3 is 2.35 bits per heavy atom. The summed E-state index contributed by atoms with van der Waals surface area (Å²) in [4.78, 5) is -0.294. The van der Waals surface area contributed by atoms with Crippen molar-refractivity contribution in [1.82, 2.24) is 0 Å². The number of hydrogen-bond donors (Lipinski definition) is 2. The van der Waals surface area contributed by atoms with Gasteiger partial charge in [-0.15, -0.1) is 0 Å². The van der Waals surface area contributed by atoms with Crippen LogP contribution in [0.15, 0.2) is 41.3 Å². The van der Waals surface area contributed by atoms with Gasteiger partial charge in [-0.1, -0.05) is 23.7 Å². The Morgan fingerprint density at radius 2 is 1.70 bits per heavy atom. The number of nitrogen functional groups attached to an aromatic ring is 1. The van der Waals surface area contributed by atoms with Crippen molar-refractivity contribution in [2.75, 3.05) is 5.73 Å². The molecule has 0 saturated heterocycles. The molecule has 106 valence electrons. The van der Waals surface area contributed by atoms with Gasteiger partial charge in [0.15, 0.2) is 17.3 Å². The third kappa shape index (κ3) is 2.84. The first-order valence-electron chi connectivity index (χ1n) is 5.34. The van der Waals surface area contributed by atoms with Gasteiger partial charge in [-0.25, -0.2) is 17.9 Å². The monoisotopic (exact) mass is 316 g/mol. The Hall–Kier alpha value is -1.83. The Bertz CT molecular complexity index is 765. The number of hydrogen-bond acceptors (Lipinski definition) is 4. The minimum atomic E-state index is -3.99. The van der Waals surface area contributed by atoms with Crippen molar-refractivity contribution in [2.24, 2.45) is 5.14 Å². The zero-order valence-corrected chi connectivity index (χ0v) is 11.6. The number of sulfonamides is 1. The fraction of sp³-hybridized carbons (Fsp3) is 0. The Labute approximate surface area is 120 Å². The summed E-state index contributed by atoms with van der Waals surface area (Å²) in [5.74, 6) is -0.969. The number of nitrogens with two attached hydrogens (primary N) is 2. The smallest absolute Gasteiger partial charge is 0.240 e. The molecule has 0 aliphatic rings. The average molecular weight is 317 g/mol. The van der Waals surface area contributed by atoms with Crippen LogP contribution in [0.4, 0.5) is 10.1 Å². The molecule has 0 aliphatic heterocycles.